The van der Waals surface area contributed by atoms with Gasteiger partial charge < -0.3 is 15.5 Å². The zero-order chi connectivity index (χ0) is 21.5. The highest BCUT2D eigenvalue weighted by molar-refractivity contribution is 5.58. The molecule has 0 saturated carbocycles. The van der Waals surface area contributed by atoms with Gasteiger partial charge in [0, 0.05) is 49.3 Å². The molecule has 4 rings (SSSR count). The summed E-state index contributed by atoms with van der Waals surface area (Å²) in [6.45, 7) is 4.77. The molecule has 0 unspecified atom stereocenters. The number of anilines is 3. The molecule has 1 aliphatic heterocycles. The van der Waals surface area contributed by atoms with Crippen molar-refractivity contribution in [1.29, 1.82) is 5.26 Å². The average Bonchev–Trinajstić information content (AvgIpc) is 3.28. The number of benzene rings is 1. The van der Waals surface area contributed by atoms with Crippen molar-refractivity contribution in [2.45, 2.75) is 38.8 Å². The lowest BCUT2D eigenvalue weighted by atomic mass is 10.2. The first kappa shape index (κ1) is 20.8. The van der Waals surface area contributed by atoms with Gasteiger partial charge in [-0.05, 0) is 43.2 Å². The number of hydrogen-bond donors (Lipinski definition) is 2. The lowest BCUT2D eigenvalue weighted by Gasteiger charge is -2.20. The summed E-state index contributed by atoms with van der Waals surface area (Å²) >= 11 is 0. The summed E-state index contributed by atoms with van der Waals surface area (Å²) in [5, 5.41) is 16.0. The zero-order valence-corrected chi connectivity index (χ0v) is 17.8. The third-order valence-corrected chi connectivity index (χ3v) is 5.33. The van der Waals surface area contributed by atoms with Gasteiger partial charge in [-0.1, -0.05) is 25.5 Å². The number of pyridine rings is 1. The third kappa shape index (κ3) is 5.56. The summed E-state index contributed by atoms with van der Waals surface area (Å²) < 4.78 is 0. The molecule has 7 nitrogen and oxygen atoms in total. The molecule has 31 heavy (non-hydrogen) atoms. The summed E-state index contributed by atoms with van der Waals surface area (Å²) in [7, 11) is 0. The lowest BCUT2D eigenvalue weighted by Crippen LogP contribution is -2.32. The van der Waals surface area contributed by atoms with Crippen molar-refractivity contribution in [3.8, 4) is 6.07 Å². The molecule has 0 amide bonds. The SMILES string of the molecule is CCCc1cc(N2CC[C@H](NCc3ccccn3)C2)nc(Nc2cccc(C#N)c2)n1. The first-order chi connectivity index (χ1) is 15.2. The minimum absolute atomic E-state index is 0.398. The van der Waals surface area contributed by atoms with Crippen LogP contribution in [0.1, 0.15) is 36.7 Å². The first-order valence-corrected chi connectivity index (χ1v) is 10.8. The Hall–Kier alpha value is -3.50. The monoisotopic (exact) mass is 413 g/mol. The highest BCUT2D eigenvalue weighted by Gasteiger charge is 2.24. The summed E-state index contributed by atoms with van der Waals surface area (Å²) in [5.74, 6) is 1.51. The second-order valence-electron chi connectivity index (χ2n) is 7.74. The van der Waals surface area contributed by atoms with Crippen LogP contribution < -0.4 is 15.5 Å². The van der Waals surface area contributed by atoms with Gasteiger partial charge in [-0.3, -0.25) is 4.98 Å². The van der Waals surface area contributed by atoms with Crippen LogP contribution in [0.3, 0.4) is 0 Å². The van der Waals surface area contributed by atoms with Crippen LogP contribution in [0, 0.1) is 11.3 Å². The topological polar surface area (TPSA) is 89.8 Å². The molecule has 2 N–H and O–H groups in total. The van der Waals surface area contributed by atoms with Crippen LogP contribution in [0.2, 0.25) is 0 Å². The number of aromatic nitrogens is 3. The number of nitrogens with zero attached hydrogens (tertiary/aromatic N) is 5. The molecule has 1 aliphatic rings. The normalized spacial score (nSPS) is 15.6. The van der Waals surface area contributed by atoms with Crippen molar-refractivity contribution < 1.29 is 0 Å². The maximum atomic E-state index is 9.15. The van der Waals surface area contributed by atoms with Crippen LogP contribution in [-0.4, -0.2) is 34.1 Å². The quantitative estimate of drug-likeness (QED) is 0.580. The van der Waals surface area contributed by atoms with Gasteiger partial charge in [0.1, 0.15) is 5.82 Å². The van der Waals surface area contributed by atoms with Gasteiger partial charge in [0.05, 0.1) is 17.3 Å². The van der Waals surface area contributed by atoms with Crippen molar-refractivity contribution in [3.63, 3.8) is 0 Å². The van der Waals surface area contributed by atoms with Gasteiger partial charge in [-0.25, -0.2) is 4.98 Å². The van der Waals surface area contributed by atoms with E-state index in [0.29, 0.717) is 17.6 Å². The van der Waals surface area contributed by atoms with E-state index in [0.717, 1.165) is 61.8 Å². The van der Waals surface area contributed by atoms with Gasteiger partial charge in [0.15, 0.2) is 0 Å². The van der Waals surface area contributed by atoms with Gasteiger partial charge in [0.2, 0.25) is 5.95 Å². The fraction of sp³-hybridized carbons (Fsp3) is 0.333. The van der Waals surface area contributed by atoms with Crippen LogP contribution >= 0.6 is 0 Å². The van der Waals surface area contributed by atoms with Crippen molar-refractivity contribution in [1.82, 2.24) is 20.3 Å². The predicted octanol–water partition coefficient (Wildman–Crippen LogP) is 3.81. The Kier molecular flexibility index (Phi) is 6.70. The summed E-state index contributed by atoms with van der Waals surface area (Å²) in [6.07, 6.45) is 4.81. The van der Waals surface area contributed by atoms with Gasteiger partial charge in [-0.15, -0.1) is 0 Å². The van der Waals surface area contributed by atoms with Crippen LogP contribution in [0.4, 0.5) is 17.5 Å². The molecule has 1 aromatic carbocycles. The summed E-state index contributed by atoms with van der Waals surface area (Å²) in [5.41, 5.74) is 3.50. The Morgan fingerprint density at radius 2 is 2.06 bits per heavy atom. The number of rotatable bonds is 8. The Morgan fingerprint density at radius 3 is 2.87 bits per heavy atom. The number of nitrogens with one attached hydrogen (secondary N) is 2. The average molecular weight is 414 g/mol. The molecule has 0 aliphatic carbocycles. The maximum Gasteiger partial charge on any atom is 0.229 e. The minimum Gasteiger partial charge on any atom is -0.355 e. The molecular weight excluding hydrogens is 386 g/mol. The molecule has 2 aromatic heterocycles. The minimum atomic E-state index is 0.398. The van der Waals surface area contributed by atoms with Crippen LogP contribution in [0.5, 0.6) is 0 Å². The van der Waals surface area contributed by atoms with Gasteiger partial charge in [0.25, 0.3) is 0 Å². The van der Waals surface area contributed by atoms with E-state index in [4.69, 9.17) is 10.2 Å². The second-order valence-corrected chi connectivity index (χ2v) is 7.74. The molecular formula is C24H27N7. The molecule has 3 aromatic rings. The zero-order valence-electron chi connectivity index (χ0n) is 17.8. The Morgan fingerprint density at radius 1 is 1.13 bits per heavy atom. The van der Waals surface area contributed by atoms with Crippen molar-refractivity contribution in [3.05, 3.63) is 71.7 Å². The predicted molar refractivity (Wildman–Crippen MR) is 122 cm³/mol. The number of aryl methyl sites for hydroxylation is 1. The highest BCUT2D eigenvalue weighted by atomic mass is 15.3. The molecule has 0 bridgehead atoms. The number of nitriles is 1. The fourth-order valence-corrected chi connectivity index (χ4v) is 3.77. The van der Waals surface area contributed by atoms with E-state index in [1.54, 1.807) is 6.07 Å². The van der Waals surface area contributed by atoms with E-state index in [1.165, 1.54) is 0 Å². The first-order valence-electron chi connectivity index (χ1n) is 10.8. The van der Waals surface area contributed by atoms with Crippen LogP contribution in [-0.2, 0) is 13.0 Å². The molecule has 7 heteroatoms. The third-order valence-electron chi connectivity index (χ3n) is 5.33. The van der Waals surface area contributed by atoms with Crippen molar-refractivity contribution >= 4 is 17.5 Å². The number of hydrogen-bond acceptors (Lipinski definition) is 7. The van der Waals surface area contributed by atoms with Gasteiger partial charge in [-0.2, -0.15) is 10.2 Å². The largest absolute Gasteiger partial charge is 0.355 e. The van der Waals surface area contributed by atoms with E-state index in [2.05, 4.69) is 44.6 Å². The van der Waals surface area contributed by atoms with Crippen molar-refractivity contribution in [2.24, 2.45) is 0 Å². The molecule has 158 valence electrons. The second kappa shape index (κ2) is 10.0. The smallest absolute Gasteiger partial charge is 0.229 e. The van der Waals surface area contributed by atoms with Crippen molar-refractivity contribution in [2.75, 3.05) is 23.3 Å². The van der Waals surface area contributed by atoms with E-state index in [-0.39, 0.29) is 0 Å². The van der Waals surface area contributed by atoms with E-state index < -0.39 is 0 Å². The molecule has 3 heterocycles. The van der Waals surface area contributed by atoms with E-state index in [9.17, 15) is 0 Å². The maximum absolute atomic E-state index is 9.15. The fourth-order valence-electron chi connectivity index (χ4n) is 3.77. The molecule has 1 atom stereocenters. The Labute approximate surface area is 183 Å². The molecule has 0 spiro atoms. The summed E-state index contributed by atoms with van der Waals surface area (Å²) in [4.78, 5) is 16.2. The Bertz CT molecular complexity index is 1050. The highest BCUT2D eigenvalue weighted by Crippen LogP contribution is 2.23. The van der Waals surface area contributed by atoms with E-state index >= 15 is 0 Å². The van der Waals surface area contributed by atoms with Crippen LogP contribution in [0.15, 0.2) is 54.7 Å². The van der Waals surface area contributed by atoms with Crippen LogP contribution in [0.25, 0.3) is 0 Å². The molecule has 0 radical (unpaired) electrons. The van der Waals surface area contributed by atoms with Gasteiger partial charge >= 0.3 is 0 Å². The molecule has 1 fully saturated rings. The van der Waals surface area contributed by atoms with E-state index in [1.807, 2.05) is 42.6 Å². The standard InChI is InChI=1S/C24H27N7/c1-2-6-19-14-23(30-24(28-19)29-20-9-5-7-18(13-20)15-25)31-12-10-22(17-31)27-16-21-8-3-4-11-26-21/h3-5,7-9,11,13-14,22,27H,2,6,10,12,16-17H2,1H3,(H,28,29,30)/t22-/m0/s1. The lowest BCUT2D eigenvalue weighted by molar-refractivity contribution is 0.545. The Balaban J connectivity index is 1.46. The molecule has 1 saturated heterocycles. The summed E-state index contributed by atoms with van der Waals surface area (Å²) in [6, 6.07) is 18.0.